The number of amides is 3. The molecule has 0 radical (unpaired) electrons. The Kier molecular flexibility index (Phi) is 6.44. The van der Waals surface area contributed by atoms with Gasteiger partial charge in [-0.05, 0) is 31.4 Å². The standard InChI is InChI=1S/C18H27N3O2/c1-3-4-12-20(2)17(22)15-10-13-21(14-11-15)18(23)19-16-8-6-5-7-9-16/h5-9,15H,3-4,10-14H2,1-2H3,(H,19,23). The summed E-state index contributed by atoms with van der Waals surface area (Å²) >= 11 is 0. The lowest BCUT2D eigenvalue weighted by Crippen LogP contribution is -2.45. The zero-order chi connectivity index (χ0) is 16.7. The van der Waals surface area contributed by atoms with Crippen LogP contribution in [0.1, 0.15) is 32.6 Å². The number of urea groups is 1. The van der Waals surface area contributed by atoms with E-state index in [0.717, 1.165) is 37.9 Å². The fraction of sp³-hybridized carbons (Fsp3) is 0.556. The van der Waals surface area contributed by atoms with Gasteiger partial charge in [-0.3, -0.25) is 4.79 Å². The van der Waals surface area contributed by atoms with Gasteiger partial charge in [-0.15, -0.1) is 0 Å². The lowest BCUT2D eigenvalue weighted by atomic mass is 9.95. The summed E-state index contributed by atoms with van der Waals surface area (Å²) in [5, 5.41) is 2.90. The third-order valence-electron chi connectivity index (χ3n) is 4.38. The van der Waals surface area contributed by atoms with Crippen molar-refractivity contribution in [2.45, 2.75) is 32.6 Å². The molecule has 1 heterocycles. The topological polar surface area (TPSA) is 52.7 Å². The van der Waals surface area contributed by atoms with Gasteiger partial charge in [-0.25, -0.2) is 4.79 Å². The van der Waals surface area contributed by atoms with E-state index in [4.69, 9.17) is 0 Å². The summed E-state index contributed by atoms with van der Waals surface area (Å²) in [5.41, 5.74) is 0.801. The summed E-state index contributed by atoms with van der Waals surface area (Å²) in [6, 6.07) is 9.37. The SMILES string of the molecule is CCCCN(C)C(=O)C1CCN(C(=O)Nc2ccccc2)CC1. The monoisotopic (exact) mass is 317 g/mol. The number of carbonyl (C=O) groups is 2. The van der Waals surface area contributed by atoms with Gasteiger partial charge in [0.2, 0.25) is 5.91 Å². The number of nitrogens with one attached hydrogen (secondary N) is 1. The summed E-state index contributed by atoms with van der Waals surface area (Å²) in [4.78, 5) is 28.3. The summed E-state index contributed by atoms with van der Waals surface area (Å²) < 4.78 is 0. The average Bonchev–Trinajstić information content (AvgIpc) is 2.60. The molecule has 1 aromatic rings. The average molecular weight is 317 g/mol. The van der Waals surface area contributed by atoms with Gasteiger partial charge in [0.1, 0.15) is 0 Å². The predicted molar refractivity (Wildman–Crippen MR) is 92.3 cm³/mol. The molecule has 0 aliphatic carbocycles. The van der Waals surface area contributed by atoms with Crippen LogP contribution >= 0.6 is 0 Å². The molecular formula is C18H27N3O2. The Labute approximate surface area is 138 Å². The van der Waals surface area contributed by atoms with E-state index in [2.05, 4.69) is 12.2 Å². The fourth-order valence-corrected chi connectivity index (χ4v) is 2.87. The number of unbranched alkanes of at least 4 members (excludes halogenated alkanes) is 1. The molecule has 1 N–H and O–H groups in total. The minimum absolute atomic E-state index is 0.0534. The number of carbonyl (C=O) groups excluding carboxylic acids is 2. The molecule has 0 saturated carbocycles. The molecule has 1 aliphatic rings. The van der Waals surface area contributed by atoms with Crippen LogP contribution < -0.4 is 5.32 Å². The van der Waals surface area contributed by atoms with Crippen LogP contribution in [0.2, 0.25) is 0 Å². The van der Waals surface area contributed by atoms with Crippen molar-refractivity contribution in [3.8, 4) is 0 Å². The van der Waals surface area contributed by atoms with Gasteiger partial charge in [0.25, 0.3) is 0 Å². The van der Waals surface area contributed by atoms with Crippen LogP contribution in [-0.4, -0.2) is 48.4 Å². The second-order valence-corrected chi connectivity index (χ2v) is 6.17. The van der Waals surface area contributed by atoms with Crippen LogP contribution in [0, 0.1) is 5.92 Å². The van der Waals surface area contributed by atoms with Gasteiger partial charge in [0, 0.05) is 38.3 Å². The first-order chi connectivity index (χ1) is 11.1. The van der Waals surface area contributed by atoms with Crippen LogP contribution in [0.5, 0.6) is 0 Å². The smallest absolute Gasteiger partial charge is 0.321 e. The van der Waals surface area contributed by atoms with Gasteiger partial charge in [-0.2, -0.15) is 0 Å². The minimum Gasteiger partial charge on any atom is -0.346 e. The summed E-state index contributed by atoms with van der Waals surface area (Å²) in [7, 11) is 1.88. The number of hydrogen-bond donors (Lipinski definition) is 1. The Morgan fingerprint density at radius 2 is 1.87 bits per heavy atom. The van der Waals surface area contributed by atoms with E-state index in [1.807, 2.05) is 42.3 Å². The summed E-state index contributed by atoms with van der Waals surface area (Å²) in [6.45, 7) is 4.22. The maximum atomic E-state index is 12.4. The van der Waals surface area contributed by atoms with Crippen LogP contribution in [0.25, 0.3) is 0 Å². The van der Waals surface area contributed by atoms with Crippen molar-refractivity contribution in [3.63, 3.8) is 0 Å². The zero-order valence-electron chi connectivity index (χ0n) is 14.1. The van der Waals surface area contributed by atoms with E-state index in [0.29, 0.717) is 13.1 Å². The zero-order valence-corrected chi connectivity index (χ0v) is 14.1. The fourth-order valence-electron chi connectivity index (χ4n) is 2.87. The van der Waals surface area contributed by atoms with Gasteiger partial charge in [0.15, 0.2) is 0 Å². The molecular weight excluding hydrogens is 290 g/mol. The van der Waals surface area contributed by atoms with Crippen molar-refractivity contribution in [1.29, 1.82) is 0 Å². The molecule has 23 heavy (non-hydrogen) atoms. The van der Waals surface area contributed by atoms with Crippen molar-refractivity contribution in [2.24, 2.45) is 5.92 Å². The van der Waals surface area contributed by atoms with Crippen LogP contribution in [0.4, 0.5) is 10.5 Å². The largest absolute Gasteiger partial charge is 0.346 e. The van der Waals surface area contributed by atoms with E-state index < -0.39 is 0 Å². The second-order valence-electron chi connectivity index (χ2n) is 6.17. The molecule has 3 amide bonds. The first-order valence-corrected chi connectivity index (χ1v) is 8.47. The number of para-hydroxylation sites is 1. The number of benzene rings is 1. The molecule has 0 unspecified atom stereocenters. The maximum Gasteiger partial charge on any atom is 0.321 e. The molecule has 0 atom stereocenters. The number of nitrogens with zero attached hydrogens (tertiary/aromatic N) is 2. The molecule has 5 nitrogen and oxygen atoms in total. The molecule has 2 rings (SSSR count). The lowest BCUT2D eigenvalue weighted by molar-refractivity contribution is -0.135. The highest BCUT2D eigenvalue weighted by atomic mass is 16.2. The Morgan fingerprint density at radius 1 is 1.22 bits per heavy atom. The van der Waals surface area contributed by atoms with Crippen molar-refractivity contribution in [1.82, 2.24) is 9.80 Å². The summed E-state index contributed by atoms with van der Waals surface area (Å²) in [5.74, 6) is 0.277. The number of hydrogen-bond acceptors (Lipinski definition) is 2. The van der Waals surface area contributed by atoms with Gasteiger partial charge in [-0.1, -0.05) is 31.5 Å². The van der Waals surface area contributed by atoms with E-state index >= 15 is 0 Å². The molecule has 0 aromatic heterocycles. The molecule has 1 saturated heterocycles. The molecule has 126 valence electrons. The number of piperidine rings is 1. The van der Waals surface area contributed by atoms with Gasteiger partial charge in [0.05, 0.1) is 0 Å². The van der Waals surface area contributed by atoms with Crippen molar-refractivity contribution < 1.29 is 9.59 Å². The Morgan fingerprint density at radius 3 is 2.48 bits per heavy atom. The Balaban J connectivity index is 1.79. The molecule has 1 aromatic carbocycles. The normalized spacial score (nSPS) is 15.3. The highest BCUT2D eigenvalue weighted by Crippen LogP contribution is 2.20. The van der Waals surface area contributed by atoms with Gasteiger partial charge >= 0.3 is 6.03 Å². The third kappa shape index (κ3) is 4.98. The predicted octanol–water partition coefficient (Wildman–Crippen LogP) is 3.19. The number of rotatable bonds is 5. The van der Waals surface area contributed by atoms with Gasteiger partial charge < -0.3 is 15.1 Å². The first-order valence-electron chi connectivity index (χ1n) is 8.47. The highest BCUT2D eigenvalue weighted by Gasteiger charge is 2.28. The number of anilines is 1. The van der Waals surface area contributed by atoms with Crippen LogP contribution in [-0.2, 0) is 4.79 Å². The first kappa shape index (κ1) is 17.3. The van der Waals surface area contributed by atoms with Crippen molar-refractivity contribution in [3.05, 3.63) is 30.3 Å². The highest BCUT2D eigenvalue weighted by molar-refractivity contribution is 5.89. The molecule has 1 fully saturated rings. The molecule has 1 aliphatic heterocycles. The Hall–Kier alpha value is -2.04. The molecule has 5 heteroatoms. The molecule has 0 bridgehead atoms. The maximum absolute atomic E-state index is 12.4. The van der Waals surface area contributed by atoms with Crippen LogP contribution in [0.15, 0.2) is 30.3 Å². The second kappa shape index (κ2) is 8.56. The third-order valence-corrected chi connectivity index (χ3v) is 4.38. The van der Waals surface area contributed by atoms with Crippen molar-refractivity contribution in [2.75, 3.05) is 32.0 Å². The quantitative estimate of drug-likeness (QED) is 0.907. The van der Waals surface area contributed by atoms with Crippen LogP contribution in [0.3, 0.4) is 0 Å². The number of likely N-dealkylation sites (tertiary alicyclic amines) is 1. The van der Waals surface area contributed by atoms with E-state index in [1.54, 1.807) is 4.90 Å². The van der Waals surface area contributed by atoms with E-state index in [9.17, 15) is 9.59 Å². The minimum atomic E-state index is -0.0820. The van der Waals surface area contributed by atoms with E-state index in [-0.39, 0.29) is 17.9 Å². The molecule has 0 spiro atoms. The summed E-state index contributed by atoms with van der Waals surface area (Å²) in [6.07, 6.45) is 3.63. The van der Waals surface area contributed by atoms with Crippen molar-refractivity contribution >= 4 is 17.6 Å². The Bertz CT molecular complexity index is 510. The van der Waals surface area contributed by atoms with E-state index in [1.165, 1.54) is 0 Å². The lowest BCUT2D eigenvalue weighted by Gasteiger charge is -2.33.